The van der Waals surface area contributed by atoms with Crippen molar-refractivity contribution >= 4 is 28.4 Å². The van der Waals surface area contributed by atoms with E-state index in [1.165, 1.54) is 17.8 Å². The minimum absolute atomic E-state index is 0.326. The molecule has 1 aliphatic heterocycles. The molecule has 0 amide bonds. The van der Waals surface area contributed by atoms with E-state index in [1.54, 1.807) is 30.5 Å². The molecule has 0 unspecified atom stereocenters. The maximum absolute atomic E-state index is 14.4. The van der Waals surface area contributed by atoms with Crippen LogP contribution in [0.15, 0.2) is 41.5 Å². The molecule has 5 nitrogen and oxygen atoms in total. The highest BCUT2D eigenvalue weighted by molar-refractivity contribution is 8.13. The van der Waals surface area contributed by atoms with E-state index in [9.17, 15) is 4.39 Å². The van der Waals surface area contributed by atoms with E-state index in [-0.39, 0.29) is 5.82 Å². The van der Waals surface area contributed by atoms with Crippen LogP contribution in [0, 0.1) is 17.1 Å². The summed E-state index contributed by atoms with van der Waals surface area (Å²) in [6, 6.07) is 10.2. The van der Waals surface area contributed by atoms with Gasteiger partial charge in [0.2, 0.25) is 0 Å². The Morgan fingerprint density at radius 2 is 2.25 bits per heavy atom. The van der Waals surface area contributed by atoms with Gasteiger partial charge in [-0.25, -0.2) is 9.37 Å². The topological polar surface area (TPSA) is 87.1 Å². The summed E-state index contributed by atoms with van der Waals surface area (Å²) in [4.78, 5) is 8.61. The molecule has 3 N–H and O–H groups in total. The SMILES string of the molecule is C[C@@]1(c2cc(Nc3ncccc3C#N)ccc2F)CCSC(N)=N1. The largest absolute Gasteiger partial charge is 0.379 e. The first-order valence-corrected chi connectivity index (χ1v) is 8.41. The Kier molecular flexibility index (Phi) is 4.40. The first-order valence-electron chi connectivity index (χ1n) is 7.42. The number of amidine groups is 1. The maximum atomic E-state index is 14.4. The molecule has 0 bridgehead atoms. The standard InChI is InChI=1S/C17H16FN5S/c1-17(6-8-24-16(20)23-17)13-9-12(4-5-14(13)18)22-15-11(10-19)3-2-7-21-15/h2-5,7,9H,6,8H2,1H3,(H2,20,23)(H,21,22)/t17-/m0/s1. The fourth-order valence-electron chi connectivity index (χ4n) is 2.63. The quantitative estimate of drug-likeness (QED) is 0.892. The van der Waals surface area contributed by atoms with Crippen LogP contribution < -0.4 is 11.1 Å². The summed E-state index contributed by atoms with van der Waals surface area (Å²) >= 11 is 1.48. The summed E-state index contributed by atoms with van der Waals surface area (Å²) in [5.41, 5.74) is 6.68. The molecular weight excluding hydrogens is 325 g/mol. The molecule has 1 aromatic heterocycles. The molecule has 0 fully saturated rings. The van der Waals surface area contributed by atoms with Crippen molar-refractivity contribution in [1.29, 1.82) is 5.26 Å². The molecule has 122 valence electrons. The lowest BCUT2D eigenvalue weighted by Gasteiger charge is -2.30. The minimum atomic E-state index is -0.695. The first kappa shape index (κ1) is 16.3. The zero-order valence-electron chi connectivity index (χ0n) is 13.1. The Morgan fingerprint density at radius 3 is 3.00 bits per heavy atom. The fourth-order valence-corrected chi connectivity index (χ4v) is 3.60. The number of hydrogen-bond acceptors (Lipinski definition) is 6. The Morgan fingerprint density at radius 1 is 1.42 bits per heavy atom. The summed E-state index contributed by atoms with van der Waals surface area (Å²) in [5.74, 6) is 0.903. The van der Waals surface area contributed by atoms with Crippen LogP contribution in [0.2, 0.25) is 0 Å². The lowest BCUT2D eigenvalue weighted by molar-refractivity contribution is 0.450. The zero-order valence-corrected chi connectivity index (χ0v) is 13.9. The number of halogens is 1. The van der Waals surface area contributed by atoms with Gasteiger partial charge in [0.15, 0.2) is 5.17 Å². The third-order valence-corrected chi connectivity index (χ3v) is 4.73. The Balaban J connectivity index is 1.98. The van der Waals surface area contributed by atoms with Gasteiger partial charge in [0.1, 0.15) is 17.7 Å². The number of hydrogen-bond donors (Lipinski definition) is 2. The molecule has 3 rings (SSSR count). The summed E-state index contributed by atoms with van der Waals surface area (Å²) < 4.78 is 14.4. The average molecular weight is 341 g/mol. The van der Waals surface area contributed by atoms with Crippen molar-refractivity contribution < 1.29 is 4.39 Å². The average Bonchev–Trinajstić information content (AvgIpc) is 2.57. The molecule has 2 aromatic rings. The summed E-state index contributed by atoms with van der Waals surface area (Å²) in [5, 5.41) is 12.7. The van der Waals surface area contributed by atoms with E-state index in [4.69, 9.17) is 11.0 Å². The Bertz CT molecular complexity index is 845. The summed E-state index contributed by atoms with van der Waals surface area (Å²) in [7, 11) is 0. The highest BCUT2D eigenvalue weighted by atomic mass is 32.2. The molecule has 2 heterocycles. The Labute approximate surface area is 143 Å². The van der Waals surface area contributed by atoms with Gasteiger partial charge in [0.05, 0.1) is 11.1 Å². The van der Waals surface area contributed by atoms with E-state index in [0.29, 0.717) is 34.2 Å². The molecular formula is C17H16FN5S. The number of nitrogens with two attached hydrogens (primary N) is 1. The first-order chi connectivity index (χ1) is 11.5. The molecule has 0 saturated carbocycles. The minimum Gasteiger partial charge on any atom is -0.379 e. The smallest absolute Gasteiger partial charge is 0.154 e. The molecule has 0 aliphatic carbocycles. The van der Waals surface area contributed by atoms with Crippen LogP contribution in [0.3, 0.4) is 0 Å². The maximum Gasteiger partial charge on any atom is 0.154 e. The van der Waals surface area contributed by atoms with Crippen molar-refractivity contribution in [2.75, 3.05) is 11.1 Å². The fraction of sp³-hybridized carbons (Fsp3) is 0.235. The molecule has 24 heavy (non-hydrogen) atoms. The van der Waals surface area contributed by atoms with Gasteiger partial charge in [-0.05, 0) is 43.7 Å². The highest BCUT2D eigenvalue weighted by Gasteiger charge is 2.32. The van der Waals surface area contributed by atoms with Gasteiger partial charge >= 0.3 is 0 Å². The van der Waals surface area contributed by atoms with Crippen molar-refractivity contribution in [2.24, 2.45) is 10.7 Å². The normalized spacial score (nSPS) is 20.1. The number of benzene rings is 1. The van der Waals surface area contributed by atoms with Gasteiger partial charge in [0.25, 0.3) is 0 Å². The number of aliphatic imine (C=N–C) groups is 1. The lowest BCUT2D eigenvalue weighted by Crippen LogP contribution is -2.29. The van der Waals surface area contributed by atoms with Crippen LogP contribution in [-0.2, 0) is 5.54 Å². The monoisotopic (exact) mass is 341 g/mol. The van der Waals surface area contributed by atoms with E-state index in [1.807, 2.05) is 6.92 Å². The van der Waals surface area contributed by atoms with E-state index in [0.717, 1.165) is 5.75 Å². The van der Waals surface area contributed by atoms with Gasteiger partial charge in [-0.3, -0.25) is 4.99 Å². The zero-order chi connectivity index (χ0) is 17.2. The number of thioether (sulfide) groups is 1. The molecule has 1 aromatic carbocycles. The molecule has 0 saturated heterocycles. The predicted octanol–water partition coefficient (Wildman–Crippen LogP) is 3.50. The van der Waals surface area contributed by atoms with Gasteiger partial charge in [-0.1, -0.05) is 11.8 Å². The second-order valence-corrected chi connectivity index (χ2v) is 6.77. The molecule has 1 aliphatic rings. The van der Waals surface area contributed by atoms with Crippen molar-refractivity contribution in [3.8, 4) is 6.07 Å². The number of nitrogens with zero attached hydrogens (tertiary/aromatic N) is 3. The third-order valence-electron chi connectivity index (χ3n) is 3.93. The van der Waals surface area contributed by atoms with Crippen LogP contribution in [-0.4, -0.2) is 15.9 Å². The van der Waals surface area contributed by atoms with Crippen LogP contribution in [0.4, 0.5) is 15.9 Å². The summed E-state index contributed by atoms with van der Waals surface area (Å²) in [6.07, 6.45) is 2.30. The van der Waals surface area contributed by atoms with Crippen molar-refractivity contribution in [3.05, 3.63) is 53.5 Å². The number of nitrogens with one attached hydrogen (secondary N) is 1. The van der Waals surface area contributed by atoms with E-state index >= 15 is 0 Å². The number of aromatic nitrogens is 1. The van der Waals surface area contributed by atoms with Gasteiger partial charge < -0.3 is 11.1 Å². The third kappa shape index (κ3) is 3.19. The summed E-state index contributed by atoms with van der Waals surface area (Å²) in [6.45, 7) is 1.88. The predicted molar refractivity (Wildman–Crippen MR) is 94.7 cm³/mol. The second kappa shape index (κ2) is 6.49. The van der Waals surface area contributed by atoms with Crippen molar-refractivity contribution in [1.82, 2.24) is 4.98 Å². The molecule has 0 radical (unpaired) electrons. The van der Waals surface area contributed by atoms with Crippen LogP contribution in [0.1, 0.15) is 24.5 Å². The van der Waals surface area contributed by atoms with Crippen molar-refractivity contribution in [2.45, 2.75) is 18.9 Å². The number of rotatable bonds is 3. The highest BCUT2D eigenvalue weighted by Crippen LogP contribution is 2.37. The second-order valence-electron chi connectivity index (χ2n) is 5.65. The van der Waals surface area contributed by atoms with E-state index < -0.39 is 5.54 Å². The lowest BCUT2D eigenvalue weighted by atomic mass is 9.89. The number of nitriles is 1. The van der Waals surface area contributed by atoms with Crippen LogP contribution in [0.25, 0.3) is 0 Å². The molecule has 0 spiro atoms. The number of anilines is 2. The van der Waals surface area contributed by atoms with Gasteiger partial charge in [-0.15, -0.1) is 0 Å². The van der Waals surface area contributed by atoms with Gasteiger partial charge in [0, 0.05) is 23.2 Å². The Hall–Kier alpha value is -2.59. The number of pyridine rings is 1. The van der Waals surface area contributed by atoms with Crippen molar-refractivity contribution in [3.63, 3.8) is 0 Å². The van der Waals surface area contributed by atoms with Gasteiger partial charge in [-0.2, -0.15) is 5.26 Å². The van der Waals surface area contributed by atoms with E-state index in [2.05, 4.69) is 21.4 Å². The van der Waals surface area contributed by atoms with Crippen LogP contribution in [0.5, 0.6) is 0 Å². The van der Waals surface area contributed by atoms with Crippen LogP contribution >= 0.6 is 11.8 Å². The molecule has 7 heteroatoms. The molecule has 1 atom stereocenters.